The minimum atomic E-state index is -3.29. The summed E-state index contributed by atoms with van der Waals surface area (Å²) in [6.45, 7) is 0. The van der Waals surface area contributed by atoms with E-state index in [1.807, 2.05) is 0 Å². The second-order valence-corrected chi connectivity index (χ2v) is 3.10. The van der Waals surface area contributed by atoms with E-state index in [0.29, 0.717) is 6.08 Å². The summed E-state index contributed by atoms with van der Waals surface area (Å²) in [5.41, 5.74) is -5.56. The molecule has 0 aromatic heterocycles. The summed E-state index contributed by atoms with van der Waals surface area (Å²) in [7, 11) is 0. The first-order chi connectivity index (χ1) is 7.70. The van der Waals surface area contributed by atoms with Crippen molar-refractivity contribution in [3.63, 3.8) is 0 Å². The van der Waals surface area contributed by atoms with Crippen molar-refractivity contribution in [2.24, 2.45) is 0 Å². The van der Waals surface area contributed by atoms with Gasteiger partial charge in [-0.25, -0.2) is 0 Å². The Labute approximate surface area is 118 Å². The van der Waals surface area contributed by atoms with Crippen molar-refractivity contribution >= 4 is 27.3 Å². The van der Waals surface area contributed by atoms with Crippen LogP contribution in [-0.2, 0) is 0 Å². The van der Waals surface area contributed by atoms with Crippen LogP contribution >= 0.6 is 0 Å². The molecule has 0 aliphatic heterocycles. The number of hydrogen-bond donors (Lipinski definition) is 2. The molecular formula is C6H7N3O8Pb. The van der Waals surface area contributed by atoms with Crippen LogP contribution in [0.1, 0.15) is 0 Å². The number of aliphatic hydroxyl groups excluding tert-OH is 1. The Hall–Kier alpha value is -1.48. The molecule has 12 heteroatoms. The van der Waals surface area contributed by atoms with Gasteiger partial charge in [-0.3, -0.25) is 30.3 Å². The van der Waals surface area contributed by atoms with Gasteiger partial charge in [0, 0.05) is 0 Å². The molecule has 0 spiro atoms. The summed E-state index contributed by atoms with van der Waals surface area (Å²) in [5, 5.41) is 50.0. The fourth-order valence-electron chi connectivity index (χ4n) is 1.20. The van der Waals surface area contributed by atoms with Crippen molar-refractivity contribution < 1.29 is 25.0 Å². The average Bonchev–Trinajstić information content (AvgIpc) is 2.20. The molecule has 98 valence electrons. The SMILES string of the molecule is O=[N+]([O-])C1=CC(O)([N+](=O)[O-])C(O)C([N+](=O)[O-])=C1.[PbH2]. The van der Waals surface area contributed by atoms with Gasteiger partial charge >= 0.3 is 33.0 Å². The molecule has 0 saturated carbocycles. The van der Waals surface area contributed by atoms with Gasteiger partial charge in [-0.1, -0.05) is 0 Å². The van der Waals surface area contributed by atoms with Gasteiger partial charge in [0.15, 0.2) is 0 Å². The third-order valence-electron chi connectivity index (χ3n) is 2.05. The summed E-state index contributed by atoms with van der Waals surface area (Å²) >= 11 is 0. The predicted molar refractivity (Wildman–Crippen MR) is 56.6 cm³/mol. The molecule has 11 nitrogen and oxygen atoms in total. The normalized spacial score (nSPS) is 26.4. The molecule has 0 saturated heterocycles. The zero-order chi connectivity index (χ0) is 13.4. The van der Waals surface area contributed by atoms with Crippen LogP contribution < -0.4 is 0 Å². The third kappa shape index (κ3) is 2.67. The van der Waals surface area contributed by atoms with E-state index < -0.39 is 38.0 Å². The molecule has 18 heavy (non-hydrogen) atoms. The van der Waals surface area contributed by atoms with Crippen molar-refractivity contribution in [3.8, 4) is 0 Å². The van der Waals surface area contributed by atoms with E-state index in [9.17, 15) is 40.6 Å². The standard InChI is InChI=1S/C6H5N3O8.Pb.2H/c10-5-4(8(14)15)1-3(7(12)13)2-6(5,11)9(16)17;;;/h1-2,5,10-11H;;;. The zero-order valence-corrected chi connectivity index (χ0v) is 14.1. The molecule has 0 aromatic carbocycles. The van der Waals surface area contributed by atoms with E-state index in [1.165, 1.54) is 0 Å². The first-order valence-corrected chi connectivity index (χ1v) is 3.98. The van der Waals surface area contributed by atoms with Crippen molar-refractivity contribution in [1.29, 1.82) is 0 Å². The Bertz CT molecular complexity index is 473. The molecule has 0 heterocycles. The van der Waals surface area contributed by atoms with Crippen molar-refractivity contribution in [3.05, 3.63) is 53.9 Å². The summed E-state index contributed by atoms with van der Waals surface area (Å²) < 4.78 is 0. The summed E-state index contributed by atoms with van der Waals surface area (Å²) in [6.07, 6.45) is -2.00. The fourth-order valence-corrected chi connectivity index (χ4v) is 1.20. The van der Waals surface area contributed by atoms with Crippen LogP contribution in [0.15, 0.2) is 23.5 Å². The Balaban J connectivity index is 0.00000289. The number of nitro groups is 3. The monoisotopic (exact) mass is 457 g/mol. The maximum absolute atomic E-state index is 10.5. The second-order valence-electron chi connectivity index (χ2n) is 3.10. The average molecular weight is 456 g/mol. The fraction of sp³-hybridized carbons (Fsp3) is 0.333. The van der Waals surface area contributed by atoms with E-state index in [1.54, 1.807) is 0 Å². The Morgan fingerprint density at radius 3 is 2.00 bits per heavy atom. The van der Waals surface area contributed by atoms with Gasteiger partial charge in [-0.15, -0.1) is 0 Å². The molecule has 1 rings (SSSR count). The quantitative estimate of drug-likeness (QED) is 0.207. The van der Waals surface area contributed by atoms with Crippen molar-refractivity contribution in [2.75, 3.05) is 0 Å². The molecule has 1 aliphatic rings. The van der Waals surface area contributed by atoms with Crippen LogP contribution in [0.25, 0.3) is 0 Å². The van der Waals surface area contributed by atoms with Gasteiger partial charge in [0.25, 0.3) is 11.4 Å². The predicted octanol–water partition coefficient (Wildman–Crippen LogP) is -2.27. The number of nitrogens with zero attached hydrogens (tertiary/aromatic N) is 3. The molecule has 0 amide bonds. The summed E-state index contributed by atoms with van der Waals surface area (Å²) in [5.74, 6) is 0. The first kappa shape index (κ1) is 16.5. The molecule has 0 fully saturated rings. The third-order valence-corrected chi connectivity index (χ3v) is 2.05. The van der Waals surface area contributed by atoms with Gasteiger partial charge in [0.2, 0.25) is 6.10 Å². The van der Waals surface area contributed by atoms with Crippen LogP contribution in [0.2, 0.25) is 0 Å². The summed E-state index contributed by atoms with van der Waals surface area (Å²) in [6, 6.07) is 0. The molecule has 2 N–H and O–H groups in total. The van der Waals surface area contributed by atoms with Crippen LogP contribution in [0.5, 0.6) is 0 Å². The van der Waals surface area contributed by atoms with Gasteiger partial charge in [0.1, 0.15) is 6.08 Å². The van der Waals surface area contributed by atoms with E-state index in [-0.39, 0.29) is 33.4 Å². The second kappa shape index (κ2) is 5.44. The van der Waals surface area contributed by atoms with Crippen LogP contribution in [0.3, 0.4) is 0 Å². The van der Waals surface area contributed by atoms with E-state index in [0.717, 1.165) is 0 Å². The molecule has 0 aromatic rings. The molecule has 2 atom stereocenters. The van der Waals surface area contributed by atoms with Crippen molar-refractivity contribution in [2.45, 2.75) is 11.8 Å². The zero-order valence-electron chi connectivity index (χ0n) is 8.62. The maximum atomic E-state index is 10.5. The van der Waals surface area contributed by atoms with Gasteiger partial charge < -0.3 is 10.2 Å². The molecule has 2 radical (unpaired) electrons. The number of hydrogen-bond acceptors (Lipinski definition) is 8. The van der Waals surface area contributed by atoms with E-state index >= 15 is 0 Å². The molecule has 1 aliphatic carbocycles. The Morgan fingerprint density at radius 2 is 1.67 bits per heavy atom. The van der Waals surface area contributed by atoms with Gasteiger partial charge in [0.05, 0.1) is 20.8 Å². The van der Waals surface area contributed by atoms with Crippen molar-refractivity contribution in [1.82, 2.24) is 0 Å². The first-order valence-electron chi connectivity index (χ1n) is 3.98. The molecule has 2 unspecified atom stereocenters. The molecule has 0 bridgehead atoms. The van der Waals surface area contributed by atoms with Crippen LogP contribution in [0, 0.1) is 30.3 Å². The van der Waals surface area contributed by atoms with E-state index in [2.05, 4.69) is 0 Å². The van der Waals surface area contributed by atoms with Gasteiger partial charge in [-0.05, 0) is 0 Å². The minimum absolute atomic E-state index is 0. The van der Waals surface area contributed by atoms with Crippen LogP contribution in [0.4, 0.5) is 0 Å². The number of aliphatic hydroxyl groups is 2. The van der Waals surface area contributed by atoms with E-state index in [4.69, 9.17) is 0 Å². The molecular weight excluding hydrogens is 449 g/mol. The topological polar surface area (TPSA) is 170 Å². The van der Waals surface area contributed by atoms with Crippen LogP contribution in [-0.4, -0.2) is 64.1 Å². The van der Waals surface area contributed by atoms with Gasteiger partial charge in [-0.2, -0.15) is 0 Å². The number of rotatable bonds is 3. The Morgan fingerprint density at radius 1 is 1.17 bits per heavy atom. The summed E-state index contributed by atoms with van der Waals surface area (Å²) in [4.78, 5) is 27.5. The number of allylic oxidation sites excluding steroid dienone is 1. The Kier molecular flexibility index (Phi) is 5.00.